The molecule has 16 heteroatoms. The average molecular weight is 694 g/mol. The van der Waals surface area contributed by atoms with Gasteiger partial charge in [-0.2, -0.15) is 14.5 Å². The third kappa shape index (κ3) is 9.57. The molecular formula is C32H40LiN5O8S2. The van der Waals surface area contributed by atoms with Crippen LogP contribution in [0, 0.1) is 0 Å². The van der Waals surface area contributed by atoms with Crippen molar-refractivity contribution in [1.29, 1.82) is 0 Å². The summed E-state index contributed by atoms with van der Waals surface area (Å²) in [6.07, 6.45) is 8.00. The van der Waals surface area contributed by atoms with Gasteiger partial charge in [-0.25, -0.2) is 17.8 Å². The van der Waals surface area contributed by atoms with Gasteiger partial charge >= 0.3 is 18.9 Å². The summed E-state index contributed by atoms with van der Waals surface area (Å²) in [5.74, 6) is 1.44. The Labute approximate surface area is 296 Å². The maximum Gasteiger partial charge on any atom is 1.00 e. The summed E-state index contributed by atoms with van der Waals surface area (Å²) >= 11 is -2.24. The molecule has 4 heterocycles. The Balaban J connectivity index is 0.000000290. The van der Waals surface area contributed by atoms with E-state index in [1.54, 1.807) is 20.3 Å². The fourth-order valence-corrected chi connectivity index (χ4v) is 7.46. The number of sulfonamides is 1. The summed E-state index contributed by atoms with van der Waals surface area (Å²) < 4.78 is 75.5. The van der Waals surface area contributed by atoms with Gasteiger partial charge in [0.2, 0.25) is 0 Å². The van der Waals surface area contributed by atoms with Crippen molar-refractivity contribution in [2.24, 2.45) is 0 Å². The molecule has 0 N–H and O–H groups in total. The van der Waals surface area contributed by atoms with Gasteiger partial charge in [0.15, 0.2) is 17.5 Å². The van der Waals surface area contributed by atoms with Crippen LogP contribution in [0.4, 0.5) is 0 Å². The fourth-order valence-electron chi connectivity index (χ4n) is 5.43. The van der Waals surface area contributed by atoms with Crippen molar-refractivity contribution in [3.05, 3.63) is 84.2 Å². The first-order valence-electron chi connectivity index (χ1n) is 15.5. The normalized spacial score (nSPS) is 18.7. The van der Waals surface area contributed by atoms with E-state index in [2.05, 4.69) is 10.2 Å². The third-order valence-electron chi connectivity index (χ3n) is 7.94. The quantitative estimate of drug-likeness (QED) is 0.168. The Morgan fingerprint density at radius 1 is 0.792 bits per heavy atom. The predicted octanol–water partition coefficient (Wildman–Crippen LogP) is 1.81. The molecule has 0 saturated carbocycles. The van der Waals surface area contributed by atoms with E-state index in [-0.39, 0.29) is 54.5 Å². The molecule has 2 fully saturated rings. The van der Waals surface area contributed by atoms with Crippen LogP contribution in [0.3, 0.4) is 0 Å². The number of hydrogen-bond donors (Lipinski definition) is 0. The minimum absolute atomic E-state index is 0. The molecule has 2 aromatic heterocycles. The molecule has 3 atom stereocenters. The SMILES string of the molecule is COc1ccc(CN(Cc2ccc(OC)cc2)S(=O)(=O)c2ccnn2C2CCCCO2)cc1.O=S([O-])c1ccnn1C1CCCCO1.[Li+]. The van der Waals surface area contributed by atoms with Crippen LogP contribution in [0.15, 0.2) is 83.1 Å². The van der Waals surface area contributed by atoms with Gasteiger partial charge in [0.25, 0.3) is 10.0 Å². The van der Waals surface area contributed by atoms with E-state index in [1.165, 1.54) is 32.1 Å². The smallest absolute Gasteiger partial charge is 0.767 e. The van der Waals surface area contributed by atoms with Gasteiger partial charge in [-0.3, -0.25) is 4.21 Å². The molecule has 6 rings (SSSR count). The van der Waals surface area contributed by atoms with Crippen molar-refractivity contribution >= 4 is 21.1 Å². The molecule has 0 bridgehead atoms. The zero-order valence-electron chi connectivity index (χ0n) is 27.5. The summed E-state index contributed by atoms with van der Waals surface area (Å²) in [6.45, 7) is 1.69. The fraction of sp³-hybridized carbons (Fsp3) is 0.438. The molecule has 13 nitrogen and oxygen atoms in total. The first-order valence-corrected chi connectivity index (χ1v) is 18.0. The molecule has 4 aromatic rings. The van der Waals surface area contributed by atoms with Crippen molar-refractivity contribution in [3.63, 3.8) is 0 Å². The van der Waals surface area contributed by atoms with Crippen LogP contribution < -0.4 is 28.3 Å². The molecule has 254 valence electrons. The number of methoxy groups -OCH3 is 2. The van der Waals surface area contributed by atoms with Gasteiger partial charge < -0.3 is 23.5 Å². The first-order chi connectivity index (χ1) is 22.8. The van der Waals surface area contributed by atoms with Crippen molar-refractivity contribution in [3.8, 4) is 11.5 Å². The molecule has 48 heavy (non-hydrogen) atoms. The van der Waals surface area contributed by atoms with Gasteiger partial charge in [0.1, 0.15) is 16.5 Å². The molecule has 0 radical (unpaired) electrons. The van der Waals surface area contributed by atoms with Gasteiger partial charge in [0, 0.05) is 26.3 Å². The number of hydrogen-bond acceptors (Lipinski definition) is 10. The Morgan fingerprint density at radius 3 is 1.73 bits per heavy atom. The van der Waals surface area contributed by atoms with Crippen LogP contribution in [0.1, 0.15) is 62.1 Å². The number of aromatic nitrogens is 4. The maximum absolute atomic E-state index is 13.9. The molecule has 2 aliphatic heterocycles. The third-order valence-corrected chi connectivity index (χ3v) is 10.4. The van der Waals surface area contributed by atoms with E-state index >= 15 is 0 Å². The Kier molecular flexibility index (Phi) is 14.3. The second-order valence-electron chi connectivity index (χ2n) is 11.1. The molecule has 3 unspecified atom stereocenters. The van der Waals surface area contributed by atoms with Crippen LogP contribution in [-0.4, -0.2) is 68.5 Å². The monoisotopic (exact) mass is 693 g/mol. The second kappa shape index (κ2) is 18.1. The van der Waals surface area contributed by atoms with E-state index in [1.807, 2.05) is 48.5 Å². The molecule has 0 aliphatic carbocycles. The Bertz CT molecular complexity index is 1640. The summed E-state index contributed by atoms with van der Waals surface area (Å²) in [7, 11) is -0.672. The van der Waals surface area contributed by atoms with Gasteiger partial charge in [-0.05, 0) is 97.1 Å². The van der Waals surface area contributed by atoms with Crippen molar-refractivity contribution in [2.75, 3.05) is 27.4 Å². The number of ether oxygens (including phenoxy) is 4. The molecule has 2 aromatic carbocycles. The van der Waals surface area contributed by atoms with Gasteiger partial charge in [0.05, 0.1) is 26.6 Å². The van der Waals surface area contributed by atoms with Crippen molar-refractivity contribution in [1.82, 2.24) is 23.9 Å². The number of rotatable bonds is 11. The standard InChI is InChI=1S/C24H29N3O5S.C8H12N2O3S.Li/c1-30-21-10-6-19(7-11-21)17-26(18-20-8-12-22(31-2)13-9-20)33(28,29)24-14-15-25-27(24)23-5-3-4-16-32-23;11-14(12)8-4-5-9-10(8)7-3-1-2-6-13-7;/h6-15,23H,3-5,16-18H2,1-2H3;4-5,7H,1-3,6H2,(H,11,12);/q;;+1/p-1. The zero-order chi connectivity index (χ0) is 33.2. The molecule has 0 amide bonds. The molecule has 0 spiro atoms. The van der Waals surface area contributed by atoms with Crippen LogP contribution in [-0.2, 0) is 43.7 Å². The van der Waals surface area contributed by atoms with Crippen molar-refractivity contribution < 1.29 is 55.0 Å². The van der Waals surface area contributed by atoms with E-state index in [0.717, 1.165) is 61.2 Å². The van der Waals surface area contributed by atoms with E-state index < -0.39 is 21.1 Å². The maximum atomic E-state index is 13.9. The van der Waals surface area contributed by atoms with E-state index in [4.69, 9.17) is 18.9 Å². The molecule has 2 saturated heterocycles. The van der Waals surface area contributed by atoms with Gasteiger partial charge in [-0.15, -0.1) is 0 Å². The van der Waals surface area contributed by atoms with E-state index in [0.29, 0.717) is 13.2 Å². The van der Waals surface area contributed by atoms with Gasteiger partial charge in [-0.1, -0.05) is 24.3 Å². The Morgan fingerprint density at radius 2 is 1.27 bits per heavy atom. The van der Waals surface area contributed by atoms with Crippen LogP contribution >= 0.6 is 0 Å². The number of benzene rings is 2. The predicted molar refractivity (Wildman–Crippen MR) is 172 cm³/mol. The number of nitrogens with zero attached hydrogens (tertiary/aromatic N) is 5. The van der Waals surface area contributed by atoms with Crippen LogP contribution in [0.5, 0.6) is 11.5 Å². The molecule has 2 aliphatic rings. The summed E-state index contributed by atoms with van der Waals surface area (Å²) in [5.41, 5.74) is 1.71. The summed E-state index contributed by atoms with van der Waals surface area (Å²) in [5, 5.41) is 8.59. The Hall–Kier alpha value is -3.00. The topological polar surface area (TPSA) is 150 Å². The second-order valence-corrected chi connectivity index (χ2v) is 13.8. The van der Waals surface area contributed by atoms with E-state index in [9.17, 15) is 17.2 Å². The summed E-state index contributed by atoms with van der Waals surface area (Å²) in [6, 6.07) is 17.8. The zero-order valence-corrected chi connectivity index (χ0v) is 29.1. The minimum Gasteiger partial charge on any atom is -0.767 e. The minimum atomic E-state index is -3.87. The van der Waals surface area contributed by atoms with Crippen molar-refractivity contribution in [2.45, 2.75) is 74.1 Å². The average Bonchev–Trinajstić information content (AvgIpc) is 3.82. The summed E-state index contributed by atoms with van der Waals surface area (Å²) in [4.78, 5) is 0. The first kappa shape index (κ1) is 37.8. The van der Waals surface area contributed by atoms with Crippen LogP contribution in [0.2, 0.25) is 0 Å². The molecular weight excluding hydrogens is 653 g/mol. The largest absolute Gasteiger partial charge is 1.00 e. The van der Waals surface area contributed by atoms with Crippen LogP contribution in [0.25, 0.3) is 0 Å².